The monoisotopic (exact) mass is 240 g/mol. The number of carbonyl (C=O) groups is 1. The Balaban J connectivity index is 2.30. The second-order valence-electron chi connectivity index (χ2n) is 4.02. The number of hydrogen-bond acceptors (Lipinski definition) is 3. The van der Waals surface area contributed by atoms with Crippen LogP contribution in [0, 0.1) is 0 Å². The van der Waals surface area contributed by atoms with Crippen molar-refractivity contribution in [3.63, 3.8) is 0 Å². The summed E-state index contributed by atoms with van der Waals surface area (Å²) in [7, 11) is 3.38. The van der Waals surface area contributed by atoms with Crippen molar-refractivity contribution in [2.24, 2.45) is 0 Å². The SMILES string of the molecule is CN(C)C(=O)c1cnc(Cl)cc1OC1CC1. The molecule has 0 atom stereocenters. The fraction of sp³-hybridized carbons (Fsp3) is 0.455. The Morgan fingerprint density at radius 1 is 1.56 bits per heavy atom. The van der Waals surface area contributed by atoms with Gasteiger partial charge in [-0.15, -0.1) is 0 Å². The number of halogens is 1. The summed E-state index contributed by atoms with van der Waals surface area (Å²) in [5.74, 6) is 0.404. The summed E-state index contributed by atoms with van der Waals surface area (Å²) >= 11 is 5.79. The third-order valence-electron chi connectivity index (χ3n) is 2.29. The molecule has 2 rings (SSSR count). The number of amides is 1. The molecule has 0 bridgehead atoms. The third kappa shape index (κ3) is 2.44. The zero-order chi connectivity index (χ0) is 11.7. The molecule has 1 saturated carbocycles. The van der Waals surface area contributed by atoms with Crippen molar-refractivity contribution in [2.75, 3.05) is 14.1 Å². The Morgan fingerprint density at radius 3 is 2.81 bits per heavy atom. The summed E-state index contributed by atoms with van der Waals surface area (Å²) in [6, 6.07) is 1.59. The van der Waals surface area contributed by atoms with E-state index in [4.69, 9.17) is 16.3 Å². The number of rotatable bonds is 3. The minimum Gasteiger partial charge on any atom is -0.489 e. The number of ether oxygens (including phenoxy) is 1. The van der Waals surface area contributed by atoms with E-state index in [1.54, 1.807) is 20.2 Å². The molecule has 0 radical (unpaired) electrons. The van der Waals surface area contributed by atoms with Crippen molar-refractivity contribution in [1.29, 1.82) is 0 Å². The lowest BCUT2D eigenvalue weighted by molar-refractivity contribution is 0.0822. The van der Waals surface area contributed by atoms with E-state index in [9.17, 15) is 4.79 Å². The summed E-state index contributed by atoms with van der Waals surface area (Å²) in [5, 5.41) is 0.339. The number of pyridine rings is 1. The van der Waals surface area contributed by atoms with E-state index in [1.165, 1.54) is 11.1 Å². The highest BCUT2D eigenvalue weighted by molar-refractivity contribution is 6.29. The summed E-state index contributed by atoms with van der Waals surface area (Å²) in [4.78, 5) is 17.2. The fourth-order valence-electron chi connectivity index (χ4n) is 1.28. The summed E-state index contributed by atoms with van der Waals surface area (Å²) in [6.07, 6.45) is 3.76. The fourth-order valence-corrected chi connectivity index (χ4v) is 1.43. The zero-order valence-electron chi connectivity index (χ0n) is 9.24. The van der Waals surface area contributed by atoms with Crippen LogP contribution >= 0.6 is 11.6 Å². The van der Waals surface area contributed by atoms with Crippen LogP contribution in [0.4, 0.5) is 0 Å². The number of aromatic nitrogens is 1. The van der Waals surface area contributed by atoms with E-state index < -0.39 is 0 Å². The van der Waals surface area contributed by atoms with Crippen molar-refractivity contribution in [3.8, 4) is 5.75 Å². The lowest BCUT2D eigenvalue weighted by Crippen LogP contribution is -2.22. The summed E-state index contributed by atoms with van der Waals surface area (Å²) in [5.41, 5.74) is 0.460. The maximum atomic E-state index is 11.8. The molecule has 1 aliphatic rings. The molecule has 1 aromatic heterocycles. The molecule has 5 heteroatoms. The lowest BCUT2D eigenvalue weighted by atomic mass is 10.2. The van der Waals surface area contributed by atoms with Crippen molar-refractivity contribution in [3.05, 3.63) is 23.0 Å². The minimum absolute atomic E-state index is 0.125. The van der Waals surface area contributed by atoms with Crippen molar-refractivity contribution < 1.29 is 9.53 Å². The van der Waals surface area contributed by atoms with Crippen LogP contribution in [0.5, 0.6) is 5.75 Å². The molecule has 4 nitrogen and oxygen atoms in total. The second kappa shape index (κ2) is 4.29. The van der Waals surface area contributed by atoms with E-state index in [2.05, 4.69) is 4.98 Å². The quantitative estimate of drug-likeness (QED) is 0.759. The Morgan fingerprint density at radius 2 is 2.25 bits per heavy atom. The van der Waals surface area contributed by atoms with Gasteiger partial charge in [0.05, 0.1) is 11.7 Å². The largest absolute Gasteiger partial charge is 0.489 e. The Hall–Kier alpha value is -1.29. The van der Waals surface area contributed by atoms with Gasteiger partial charge in [-0.1, -0.05) is 11.6 Å². The van der Waals surface area contributed by atoms with Gasteiger partial charge in [-0.05, 0) is 12.8 Å². The van der Waals surface area contributed by atoms with Gasteiger partial charge in [-0.2, -0.15) is 0 Å². The van der Waals surface area contributed by atoms with Gasteiger partial charge in [0.15, 0.2) is 0 Å². The number of hydrogen-bond donors (Lipinski definition) is 0. The highest BCUT2D eigenvalue weighted by atomic mass is 35.5. The van der Waals surface area contributed by atoms with Gasteiger partial charge in [-0.25, -0.2) is 4.98 Å². The highest BCUT2D eigenvalue weighted by Crippen LogP contribution is 2.30. The normalized spacial score (nSPS) is 14.7. The molecule has 16 heavy (non-hydrogen) atoms. The molecule has 86 valence electrons. The van der Waals surface area contributed by atoms with Crippen LogP contribution in [0.3, 0.4) is 0 Å². The van der Waals surface area contributed by atoms with E-state index in [0.29, 0.717) is 16.5 Å². The Labute approximate surface area is 99.2 Å². The van der Waals surface area contributed by atoms with Crippen molar-refractivity contribution in [1.82, 2.24) is 9.88 Å². The average Bonchev–Trinajstić information content (AvgIpc) is 3.01. The summed E-state index contributed by atoms with van der Waals surface area (Å²) < 4.78 is 5.64. The van der Waals surface area contributed by atoms with E-state index in [0.717, 1.165) is 12.8 Å². The van der Waals surface area contributed by atoms with Crippen LogP contribution in [-0.4, -0.2) is 36.0 Å². The van der Waals surface area contributed by atoms with Crippen LogP contribution in [0.2, 0.25) is 5.15 Å². The number of nitrogens with zero attached hydrogens (tertiary/aromatic N) is 2. The minimum atomic E-state index is -0.125. The molecular formula is C11H13ClN2O2. The first-order valence-corrected chi connectivity index (χ1v) is 5.49. The lowest BCUT2D eigenvalue weighted by Gasteiger charge is -2.14. The van der Waals surface area contributed by atoms with Crippen LogP contribution in [-0.2, 0) is 0 Å². The Bertz CT molecular complexity index is 416. The maximum absolute atomic E-state index is 11.8. The third-order valence-corrected chi connectivity index (χ3v) is 2.49. The molecule has 1 heterocycles. The van der Waals surface area contributed by atoms with Gasteiger partial charge in [0, 0.05) is 26.4 Å². The van der Waals surface area contributed by atoms with Crippen LogP contribution in [0.25, 0.3) is 0 Å². The standard InChI is InChI=1S/C11H13ClN2O2/c1-14(2)11(15)8-6-13-10(12)5-9(8)16-7-3-4-7/h5-7H,3-4H2,1-2H3. The maximum Gasteiger partial charge on any atom is 0.258 e. The van der Waals surface area contributed by atoms with Gasteiger partial charge >= 0.3 is 0 Å². The predicted octanol–water partition coefficient (Wildman–Crippen LogP) is 1.98. The van der Waals surface area contributed by atoms with Gasteiger partial charge in [0.25, 0.3) is 5.91 Å². The van der Waals surface area contributed by atoms with E-state index in [1.807, 2.05) is 0 Å². The van der Waals surface area contributed by atoms with Gasteiger partial charge in [0.2, 0.25) is 0 Å². The van der Waals surface area contributed by atoms with Crippen LogP contribution in [0.1, 0.15) is 23.2 Å². The zero-order valence-corrected chi connectivity index (χ0v) is 9.99. The molecule has 0 aliphatic heterocycles. The predicted molar refractivity (Wildman–Crippen MR) is 60.9 cm³/mol. The highest BCUT2D eigenvalue weighted by Gasteiger charge is 2.26. The molecule has 0 aromatic carbocycles. The topological polar surface area (TPSA) is 42.4 Å². The number of carbonyl (C=O) groups excluding carboxylic acids is 1. The summed E-state index contributed by atoms with van der Waals surface area (Å²) in [6.45, 7) is 0. The molecule has 1 aliphatic carbocycles. The first-order chi connectivity index (χ1) is 7.58. The molecule has 0 unspecified atom stereocenters. The van der Waals surface area contributed by atoms with Gasteiger partial charge in [-0.3, -0.25) is 4.79 Å². The molecular weight excluding hydrogens is 228 g/mol. The first-order valence-electron chi connectivity index (χ1n) is 5.12. The van der Waals surface area contributed by atoms with E-state index in [-0.39, 0.29) is 12.0 Å². The smallest absolute Gasteiger partial charge is 0.258 e. The first kappa shape index (κ1) is 11.2. The Kier molecular flexibility index (Phi) is 3.01. The molecule has 1 aromatic rings. The van der Waals surface area contributed by atoms with E-state index >= 15 is 0 Å². The van der Waals surface area contributed by atoms with Crippen molar-refractivity contribution >= 4 is 17.5 Å². The molecule has 1 fully saturated rings. The average molecular weight is 241 g/mol. The van der Waals surface area contributed by atoms with Crippen molar-refractivity contribution in [2.45, 2.75) is 18.9 Å². The van der Waals surface area contributed by atoms with Gasteiger partial charge < -0.3 is 9.64 Å². The molecule has 0 saturated heterocycles. The molecule has 0 spiro atoms. The molecule has 0 N–H and O–H groups in total. The van der Waals surface area contributed by atoms with Crippen LogP contribution < -0.4 is 4.74 Å². The van der Waals surface area contributed by atoms with Gasteiger partial charge in [0.1, 0.15) is 10.9 Å². The van der Waals surface area contributed by atoms with Crippen LogP contribution in [0.15, 0.2) is 12.3 Å². The molecule has 1 amide bonds. The second-order valence-corrected chi connectivity index (χ2v) is 4.41.